The molecule has 3 rings (SSSR count). The minimum atomic E-state index is -0.371. The van der Waals surface area contributed by atoms with Crippen LogP contribution < -0.4 is 4.74 Å². The topological polar surface area (TPSA) is 55.2 Å². The van der Waals surface area contributed by atoms with Gasteiger partial charge in [-0.3, -0.25) is 0 Å². The van der Waals surface area contributed by atoms with Crippen LogP contribution in [0.25, 0.3) is 11.4 Å². The molecule has 1 aromatic heterocycles. The van der Waals surface area contributed by atoms with E-state index in [0.29, 0.717) is 22.8 Å². The maximum atomic E-state index is 13.9. The van der Waals surface area contributed by atoms with Crippen LogP contribution in [0.3, 0.4) is 0 Å². The van der Waals surface area contributed by atoms with Crippen molar-refractivity contribution in [2.75, 3.05) is 6.61 Å². The van der Waals surface area contributed by atoms with Crippen LogP contribution in [-0.2, 0) is 0 Å². The van der Waals surface area contributed by atoms with E-state index in [0.717, 1.165) is 15.8 Å². The fourth-order valence-electron chi connectivity index (χ4n) is 2.19. The fourth-order valence-corrected chi connectivity index (χ4v) is 2.74. The maximum Gasteiger partial charge on any atom is 0.216 e. The Labute approximate surface area is 157 Å². The van der Waals surface area contributed by atoms with Crippen LogP contribution in [-0.4, -0.2) is 27.7 Å². The maximum absolute atomic E-state index is 13.9. The predicted molar refractivity (Wildman–Crippen MR) is 101 cm³/mol. The van der Waals surface area contributed by atoms with Crippen LogP contribution in [0.15, 0.2) is 52.0 Å². The molecule has 3 aromatic rings. The van der Waals surface area contributed by atoms with Gasteiger partial charge in [0.2, 0.25) is 4.77 Å². The van der Waals surface area contributed by atoms with E-state index >= 15 is 0 Å². The number of hydrogen-bond acceptors (Lipinski definition) is 4. The minimum Gasteiger partial charge on any atom is -0.494 e. The molecule has 128 valence electrons. The zero-order chi connectivity index (χ0) is 17.8. The molecule has 0 atom stereocenters. The molecule has 0 bridgehead atoms. The zero-order valence-electron chi connectivity index (χ0n) is 13.2. The van der Waals surface area contributed by atoms with Gasteiger partial charge in [0.05, 0.1) is 12.8 Å². The van der Waals surface area contributed by atoms with Crippen molar-refractivity contribution in [3.8, 4) is 17.1 Å². The lowest BCUT2D eigenvalue weighted by molar-refractivity contribution is 0.340. The number of nitrogens with one attached hydrogen (secondary N) is 1. The van der Waals surface area contributed by atoms with Crippen LogP contribution >= 0.6 is 28.1 Å². The largest absolute Gasteiger partial charge is 0.494 e. The first kappa shape index (κ1) is 17.5. The first-order valence-electron chi connectivity index (χ1n) is 7.48. The number of halogens is 2. The Morgan fingerprint density at radius 3 is 2.80 bits per heavy atom. The van der Waals surface area contributed by atoms with Crippen molar-refractivity contribution < 1.29 is 9.13 Å². The molecule has 0 radical (unpaired) electrons. The quantitative estimate of drug-likeness (QED) is 0.476. The third-order valence-electron chi connectivity index (χ3n) is 3.34. The Kier molecular flexibility index (Phi) is 5.40. The van der Waals surface area contributed by atoms with E-state index in [1.807, 2.05) is 31.2 Å². The lowest BCUT2D eigenvalue weighted by Gasteiger charge is -2.04. The number of rotatable bonds is 5. The van der Waals surface area contributed by atoms with Crippen molar-refractivity contribution in [1.29, 1.82) is 0 Å². The highest BCUT2D eigenvalue weighted by molar-refractivity contribution is 9.10. The molecule has 2 aromatic carbocycles. The number of ether oxygens (including phenoxy) is 1. The molecule has 8 heteroatoms. The summed E-state index contributed by atoms with van der Waals surface area (Å²) in [4.78, 5) is 0. The van der Waals surface area contributed by atoms with Gasteiger partial charge in [0.1, 0.15) is 11.6 Å². The van der Waals surface area contributed by atoms with Gasteiger partial charge in [-0.2, -0.15) is 14.9 Å². The molecule has 0 saturated heterocycles. The lowest BCUT2D eigenvalue weighted by Crippen LogP contribution is -1.97. The number of aromatic nitrogens is 3. The van der Waals surface area contributed by atoms with Crippen LogP contribution in [0.1, 0.15) is 12.5 Å². The first-order valence-corrected chi connectivity index (χ1v) is 8.68. The Bertz CT molecular complexity index is 966. The van der Waals surface area contributed by atoms with Crippen molar-refractivity contribution in [2.45, 2.75) is 6.92 Å². The van der Waals surface area contributed by atoms with Gasteiger partial charge < -0.3 is 4.74 Å². The average molecular weight is 421 g/mol. The standard InChI is InChI=1S/C17H14BrFN4OS/c1-2-24-14-6-3-11(4-7-14)16-21-22-17(25)23(16)20-10-12-9-13(18)5-8-15(12)19/h3-10H,2H2,1H3,(H,22,25)/b20-10+. The normalized spacial score (nSPS) is 11.2. The smallest absolute Gasteiger partial charge is 0.216 e. The summed E-state index contributed by atoms with van der Waals surface area (Å²) in [5, 5.41) is 11.2. The first-order chi connectivity index (χ1) is 12.1. The highest BCUT2D eigenvalue weighted by Crippen LogP contribution is 2.21. The Balaban J connectivity index is 1.95. The van der Waals surface area contributed by atoms with Crippen LogP contribution in [0.5, 0.6) is 5.75 Å². The average Bonchev–Trinajstić information content (AvgIpc) is 2.97. The molecule has 0 spiro atoms. The molecule has 25 heavy (non-hydrogen) atoms. The predicted octanol–water partition coefficient (Wildman–Crippen LogP) is 4.79. The van der Waals surface area contributed by atoms with E-state index in [4.69, 9.17) is 17.0 Å². The number of aromatic amines is 1. The van der Waals surface area contributed by atoms with Crippen LogP contribution in [0, 0.1) is 10.6 Å². The van der Waals surface area contributed by atoms with Crippen molar-refractivity contribution in [3.63, 3.8) is 0 Å². The summed E-state index contributed by atoms with van der Waals surface area (Å²) in [6.45, 7) is 2.52. The lowest BCUT2D eigenvalue weighted by atomic mass is 10.2. The summed E-state index contributed by atoms with van der Waals surface area (Å²) in [6, 6.07) is 12.1. The van der Waals surface area contributed by atoms with E-state index in [2.05, 4.69) is 31.2 Å². The van der Waals surface area contributed by atoms with E-state index in [9.17, 15) is 4.39 Å². The van der Waals surface area contributed by atoms with Gasteiger partial charge in [-0.1, -0.05) is 15.9 Å². The molecule has 5 nitrogen and oxygen atoms in total. The van der Waals surface area contributed by atoms with Crippen molar-refractivity contribution in [1.82, 2.24) is 14.9 Å². The summed E-state index contributed by atoms with van der Waals surface area (Å²) >= 11 is 8.53. The highest BCUT2D eigenvalue weighted by Gasteiger charge is 2.09. The van der Waals surface area contributed by atoms with Gasteiger partial charge in [0, 0.05) is 15.6 Å². The van der Waals surface area contributed by atoms with Crippen LogP contribution in [0.2, 0.25) is 0 Å². The second-order valence-electron chi connectivity index (χ2n) is 5.03. The molecule has 0 fully saturated rings. The Morgan fingerprint density at radius 1 is 1.32 bits per heavy atom. The molecular formula is C17H14BrFN4OS. The second kappa shape index (κ2) is 7.71. The van der Waals surface area contributed by atoms with Gasteiger partial charge in [0.15, 0.2) is 5.82 Å². The summed E-state index contributed by atoms with van der Waals surface area (Å²) in [7, 11) is 0. The highest BCUT2D eigenvalue weighted by atomic mass is 79.9. The molecule has 0 aliphatic carbocycles. The minimum absolute atomic E-state index is 0.315. The zero-order valence-corrected chi connectivity index (χ0v) is 15.6. The monoisotopic (exact) mass is 420 g/mol. The molecule has 0 aliphatic rings. The van der Waals surface area contributed by atoms with Gasteiger partial charge in [-0.25, -0.2) is 9.49 Å². The van der Waals surface area contributed by atoms with E-state index in [-0.39, 0.29) is 5.82 Å². The SMILES string of the molecule is CCOc1ccc(-c2n[nH]c(=S)n2/N=C/c2cc(Br)ccc2F)cc1. The van der Waals surface area contributed by atoms with Crippen molar-refractivity contribution >= 4 is 34.4 Å². The molecule has 0 aliphatic heterocycles. The van der Waals surface area contributed by atoms with E-state index in [1.165, 1.54) is 17.0 Å². The molecule has 1 heterocycles. The van der Waals surface area contributed by atoms with Crippen molar-refractivity contribution in [2.24, 2.45) is 5.10 Å². The molecule has 0 amide bonds. The summed E-state index contributed by atoms with van der Waals surface area (Å²) in [6.07, 6.45) is 1.41. The van der Waals surface area contributed by atoms with E-state index in [1.54, 1.807) is 12.1 Å². The van der Waals surface area contributed by atoms with Gasteiger partial charge in [0.25, 0.3) is 0 Å². The summed E-state index contributed by atoms with van der Waals surface area (Å²) in [5.74, 6) is 0.927. The number of nitrogens with zero attached hydrogens (tertiary/aromatic N) is 3. The second-order valence-corrected chi connectivity index (χ2v) is 6.33. The van der Waals surface area contributed by atoms with Crippen molar-refractivity contribution in [3.05, 3.63) is 63.1 Å². The Morgan fingerprint density at radius 2 is 2.08 bits per heavy atom. The van der Waals surface area contributed by atoms with E-state index < -0.39 is 0 Å². The molecule has 1 N–H and O–H groups in total. The Hall–Kier alpha value is -2.32. The molecular weight excluding hydrogens is 407 g/mol. The third kappa shape index (κ3) is 4.02. The van der Waals surface area contributed by atoms with Gasteiger partial charge in [-0.05, 0) is 61.6 Å². The number of H-pyrrole nitrogens is 1. The number of hydrogen-bond donors (Lipinski definition) is 1. The fraction of sp³-hybridized carbons (Fsp3) is 0.118. The van der Waals surface area contributed by atoms with Crippen LogP contribution in [0.4, 0.5) is 4.39 Å². The summed E-state index contributed by atoms with van der Waals surface area (Å²) in [5.41, 5.74) is 1.15. The van der Waals surface area contributed by atoms with Gasteiger partial charge in [-0.15, -0.1) is 0 Å². The molecule has 0 unspecified atom stereocenters. The summed E-state index contributed by atoms with van der Waals surface area (Å²) < 4.78 is 21.8. The van der Waals surface area contributed by atoms with Gasteiger partial charge >= 0.3 is 0 Å². The third-order valence-corrected chi connectivity index (χ3v) is 4.10. The number of benzene rings is 2. The molecule has 0 saturated carbocycles.